The second-order valence-corrected chi connectivity index (χ2v) is 21.8. The molecule has 2 rings (SSSR count). The summed E-state index contributed by atoms with van der Waals surface area (Å²) >= 11 is 0. The minimum absolute atomic E-state index is 0.103. The van der Waals surface area contributed by atoms with Crippen molar-refractivity contribution in [1.82, 2.24) is 9.55 Å². The number of carbonyl (C=O) groups excluding carboxylic acids is 1. The Balaban J connectivity index is 2.65. The molecule has 0 aromatic carbocycles. The molecule has 0 radical (unpaired) electrons. The monoisotopic (exact) mass is 530 g/mol. The summed E-state index contributed by atoms with van der Waals surface area (Å²) in [6, 6.07) is 1.17. The van der Waals surface area contributed by atoms with Crippen molar-refractivity contribution in [2.45, 2.75) is 102 Å². The first kappa shape index (κ1) is 29.7. The van der Waals surface area contributed by atoms with E-state index in [1.807, 2.05) is 47.0 Å². The maximum Gasteiger partial charge on any atom is 0.343 e. The van der Waals surface area contributed by atoms with Crippen LogP contribution in [0.25, 0.3) is 0 Å². The molecule has 0 unspecified atom stereocenters. The average molecular weight is 531 g/mol. The minimum Gasteiger partial charge on any atom is -0.467 e. The maximum absolute atomic E-state index is 13.1. The lowest BCUT2D eigenvalue weighted by Crippen LogP contribution is -2.61. The van der Waals surface area contributed by atoms with E-state index < -0.39 is 57.9 Å². The number of aliphatic hydroxyl groups is 1. The number of H-pyrrole nitrogens is 1. The quantitative estimate of drug-likeness (QED) is 0.407. The number of aromatic amines is 1. The van der Waals surface area contributed by atoms with E-state index in [2.05, 4.69) is 25.8 Å². The van der Waals surface area contributed by atoms with Crippen LogP contribution in [0.3, 0.4) is 0 Å². The van der Waals surface area contributed by atoms with E-state index in [1.54, 1.807) is 0 Å². The predicted octanol–water partition coefficient (Wildman–Crippen LogP) is 2.75. The smallest absolute Gasteiger partial charge is 0.343 e. The molecule has 12 heteroatoms. The number of methoxy groups -OCH3 is 1. The molecule has 1 aliphatic rings. The van der Waals surface area contributed by atoms with Gasteiger partial charge in [-0.2, -0.15) is 0 Å². The van der Waals surface area contributed by atoms with Crippen LogP contribution in [0.5, 0.6) is 0 Å². The molecule has 1 saturated heterocycles. The van der Waals surface area contributed by atoms with Crippen LogP contribution in [0.1, 0.15) is 47.8 Å². The fourth-order valence-electron chi connectivity index (χ4n) is 3.30. The van der Waals surface area contributed by atoms with E-state index in [1.165, 1.54) is 19.4 Å². The summed E-state index contributed by atoms with van der Waals surface area (Å²) in [7, 11) is -3.72. The molecular formula is C23H42N2O8Si2. The van der Waals surface area contributed by atoms with Crippen molar-refractivity contribution < 1.29 is 28.2 Å². The van der Waals surface area contributed by atoms with Crippen molar-refractivity contribution in [3.8, 4) is 0 Å². The summed E-state index contributed by atoms with van der Waals surface area (Å²) < 4.78 is 25.2. The van der Waals surface area contributed by atoms with Gasteiger partial charge >= 0.3 is 11.7 Å². The summed E-state index contributed by atoms with van der Waals surface area (Å²) in [6.45, 7) is 20.2. The molecule has 2 heterocycles. The van der Waals surface area contributed by atoms with Crippen molar-refractivity contribution in [3.63, 3.8) is 0 Å². The SMILES string of the molecule is COC(=O)[C@@]1(O)[C@@H](CO[Si](C)(C)C(C)(C)C)O[C@@H](n2ccc(=O)[nH]c2=O)[C@@H]1O[Si](C)(C)C(C)(C)C. The zero-order chi connectivity index (χ0) is 27.2. The standard InChI is InChI=1S/C23H42N2O8Si2/c1-21(2,3)34(8,9)31-14-15-23(29,19(27)30-7)17(33-35(10,11)22(4,5)6)18(32-15)25-13-12-16(26)24-20(25)28/h12-13,15,17-18,29H,14H2,1-11H3,(H,24,26,28)/t15-,17+,18-,23-/m1/s1. The lowest BCUT2D eigenvalue weighted by Gasteiger charge is -2.42. The van der Waals surface area contributed by atoms with Crippen molar-refractivity contribution in [3.05, 3.63) is 33.1 Å². The van der Waals surface area contributed by atoms with Crippen LogP contribution in [-0.2, 0) is 23.1 Å². The molecule has 4 atom stereocenters. The van der Waals surface area contributed by atoms with Gasteiger partial charge in [-0.15, -0.1) is 0 Å². The Hall–Kier alpha value is -1.58. The summed E-state index contributed by atoms with van der Waals surface area (Å²) in [6.07, 6.45) is -2.40. The number of carbonyl (C=O) groups is 1. The first-order valence-electron chi connectivity index (χ1n) is 11.8. The normalized spacial score (nSPS) is 26.1. The Morgan fingerprint density at radius 3 is 2.11 bits per heavy atom. The largest absolute Gasteiger partial charge is 0.467 e. The highest BCUT2D eigenvalue weighted by molar-refractivity contribution is 6.74. The van der Waals surface area contributed by atoms with Crippen LogP contribution in [0.4, 0.5) is 0 Å². The third-order valence-electron chi connectivity index (χ3n) is 7.75. The van der Waals surface area contributed by atoms with Crippen LogP contribution in [0.2, 0.25) is 36.3 Å². The highest BCUT2D eigenvalue weighted by Crippen LogP contribution is 2.46. The van der Waals surface area contributed by atoms with Crippen molar-refractivity contribution in [1.29, 1.82) is 0 Å². The predicted molar refractivity (Wildman–Crippen MR) is 137 cm³/mol. The Kier molecular flexibility index (Phi) is 8.23. The van der Waals surface area contributed by atoms with Crippen LogP contribution < -0.4 is 11.2 Å². The fraction of sp³-hybridized carbons (Fsp3) is 0.783. The number of esters is 1. The van der Waals surface area contributed by atoms with Gasteiger partial charge in [-0.05, 0) is 36.3 Å². The molecular weight excluding hydrogens is 488 g/mol. The molecule has 0 amide bonds. The number of hydrogen-bond donors (Lipinski definition) is 2. The molecule has 0 spiro atoms. The highest BCUT2D eigenvalue weighted by atomic mass is 28.4. The van der Waals surface area contributed by atoms with Gasteiger partial charge in [0.1, 0.15) is 12.2 Å². The third-order valence-corrected chi connectivity index (χ3v) is 16.7. The van der Waals surface area contributed by atoms with Gasteiger partial charge in [0.2, 0.25) is 5.60 Å². The first-order chi connectivity index (χ1) is 15.7. The zero-order valence-corrected chi connectivity index (χ0v) is 24.8. The average Bonchev–Trinajstić information content (AvgIpc) is 2.96. The van der Waals surface area contributed by atoms with Gasteiger partial charge in [-0.1, -0.05) is 41.5 Å². The molecule has 200 valence electrons. The van der Waals surface area contributed by atoms with E-state index in [0.29, 0.717) is 0 Å². The molecule has 1 fully saturated rings. The number of rotatable bonds is 7. The van der Waals surface area contributed by atoms with Gasteiger partial charge in [0.25, 0.3) is 5.56 Å². The fourth-order valence-corrected chi connectivity index (χ4v) is 5.59. The molecule has 1 aromatic heterocycles. The van der Waals surface area contributed by atoms with Crippen LogP contribution >= 0.6 is 0 Å². The molecule has 0 bridgehead atoms. The van der Waals surface area contributed by atoms with Gasteiger partial charge in [0.05, 0.1) is 13.7 Å². The summed E-state index contributed by atoms with van der Waals surface area (Å²) in [5.41, 5.74) is -3.58. The minimum atomic E-state index is -2.61. The molecule has 1 aliphatic heterocycles. The first-order valence-corrected chi connectivity index (χ1v) is 17.6. The van der Waals surface area contributed by atoms with E-state index >= 15 is 0 Å². The molecule has 1 aromatic rings. The second kappa shape index (κ2) is 9.71. The van der Waals surface area contributed by atoms with Gasteiger partial charge in [0.15, 0.2) is 22.9 Å². The molecule has 0 aliphatic carbocycles. The van der Waals surface area contributed by atoms with Crippen molar-refractivity contribution in [2.75, 3.05) is 13.7 Å². The van der Waals surface area contributed by atoms with Crippen LogP contribution in [0.15, 0.2) is 21.9 Å². The van der Waals surface area contributed by atoms with Crippen molar-refractivity contribution in [2.24, 2.45) is 0 Å². The van der Waals surface area contributed by atoms with Gasteiger partial charge in [-0.3, -0.25) is 14.3 Å². The van der Waals surface area contributed by atoms with Crippen molar-refractivity contribution >= 4 is 22.6 Å². The number of aromatic nitrogens is 2. The Labute approximate surface area is 209 Å². The maximum atomic E-state index is 13.1. The highest BCUT2D eigenvalue weighted by Gasteiger charge is 2.65. The number of hydrogen-bond acceptors (Lipinski definition) is 8. The summed E-state index contributed by atoms with van der Waals surface area (Å²) in [4.78, 5) is 39.7. The molecule has 10 nitrogen and oxygen atoms in total. The van der Waals surface area contributed by atoms with E-state index in [9.17, 15) is 19.5 Å². The van der Waals surface area contributed by atoms with E-state index in [-0.39, 0.29) is 16.7 Å². The summed E-state index contributed by atoms with van der Waals surface area (Å²) in [5.74, 6) is -0.940. The van der Waals surface area contributed by atoms with Gasteiger partial charge < -0.3 is 23.4 Å². The topological polar surface area (TPSA) is 129 Å². The molecule has 0 saturated carbocycles. The Bertz CT molecular complexity index is 1040. The molecule has 2 N–H and O–H groups in total. The van der Waals surface area contributed by atoms with Gasteiger partial charge in [-0.25, -0.2) is 9.59 Å². The van der Waals surface area contributed by atoms with Crippen LogP contribution in [0, 0.1) is 0 Å². The summed E-state index contributed by atoms with van der Waals surface area (Å²) in [5, 5.41) is 11.5. The lowest BCUT2D eigenvalue weighted by atomic mass is 9.92. The number of nitrogens with one attached hydrogen (secondary N) is 1. The number of ether oxygens (including phenoxy) is 2. The molecule has 35 heavy (non-hydrogen) atoms. The third kappa shape index (κ3) is 5.72. The van der Waals surface area contributed by atoms with Gasteiger partial charge in [0, 0.05) is 12.3 Å². The Morgan fingerprint density at radius 1 is 1.11 bits per heavy atom. The second-order valence-electron chi connectivity index (χ2n) is 12.2. The van der Waals surface area contributed by atoms with E-state index in [4.69, 9.17) is 18.3 Å². The number of nitrogens with zero attached hydrogens (tertiary/aromatic N) is 1. The Morgan fingerprint density at radius 2 is 1.66 bits per heavy atom. The lowest BCUT2D eigenvalue weighted by molar-refractivity contribution is -0.177. The van der Waals surface area contributed by atoms with E-state index in [0.717, 1.165) is 4.57 Å². The zero-order valence-electron chi connectivity index (χ0n) is 22.8. The van der Waals surface area contributed by atoms with Crippen LogP contribution in [-0.4, -0.2) is 68.8 Å².